The summed E-state index contributed by atoms with van der Waals surface area (Å²) in [5, 5.41) is 0. The highest BCUT2D eigenvalue weighted by Crippen LogP contribution is 2.36. The molecule has 0 spiro atoms. The Morgan fingerprint density at radius 2 is 1.38 bits per heavy atom. The summed E-state index contributed by atoms with van der Waals surface area (Å²) in [6.45, 7) is 4.00. The van der Waals surface area contributed by atoms with E-state index in [-0.39, 0.29) is 23.8 Å². The molecule has 1 aliphatic heterocycles. The molecule has 13 heavy (non-hydrogen) atoms. The van der Waals surface area contributed by atoms with Crippen molar-refractivity contribution < 1.29 is 14.3 Å². The largest absolute Gasteiger partial charge is 0.393 e. The van der Waals surface area contributed by atoms with E-state index in [1.165, 1.54) is 0 Å². The van der Waals surface area contributed by atoms with E-state index in [1.54, 1.807) is 0 Å². The second kappa shape index (κ2) is 4.40. The Hall–Kier alpha value is -0.860. The molecular weight excluding hydrogens is 168 g/mol. The van der Waals surface area contributed by atoms with Gasteiger partial charge in [0.2, 0.25) is 0 Å². The van der Waals surface area contributed by atoms with Gasteiger partial charge < -0.3 is 4.74 Å². The van der Waals surface area contributed by atoms with Crippen LogP contribution in [0.2, 0.25) is 0 Å². The highest BCUT2D eigenvalue weighted by atomic mass is 16.6. The first kappa shape index (κ1) is 10.2. The van der Waals surface area contributed by atoms with Crippen LogP contribution in [0.4, 0.5) is 0 Å². The van der Waals surface area contributed by atoms with Crippen molar-refractivity contribution in [2.24, 2.45) is 11.8 Å². The smallest absolute Gasteiger partial charge is 0.317 e. The summed E-state index contributed by atoms with van der Waals surface area (Å²) in [7, 11) is 0. The molecule has 74 valence electrons. The van der Waals surface area contributed by atoms with Gasteiger partial charge in [0.25, 0.3) is 0 Å². The van der Waals surface area contributed by atoms with Crippen LogP contribution in [0.5, 0.6) is 0 Å². The fraction of sp³-hybridized carbons (Fsp3) is 0.800. The molecule has 0 amide bonds. The monoisotopic (exact) mass is 184 g/mol. The van der Waals surface area contributed by atoms with Crippen molar-refractivity contribution in [2.75, 3.05) is 0 Å². The van der Waals surface area contributed by atoms with Crippen LogP contribution >= 0.6 is 0 Å². The minimum atomic E-state index is -0.292. The molecule has 2 aliphatic rings. The Balaban J connectivity index is 0.000000396. The lowest BCUT2D eigenvalue weighted by molar-refractivity contribution is -0.153. The van der Waals surface area contributed by atoms with Gasteiger partial charge in [-0.25, -0.2) is 0 Å². The van der Waals surface area contributed by atoms with Crippen LogP contribution in [0.3, 0.4) is 0 Å². The Morgan fingerprint density at radius 3 is 1.77 bits per heavy atom. The number of carbonyl (C=O) groups is 2. The number of fused-ring (bicyclic) bond motifs is 1. The van der Waals surface area contributed by atoms with Crippen LogP contribution in [-0.2, 0) is 14.3 Å². The summed E-state index contributed by atoms with van der Waals surface area (Å²) >= 11 is 0. The summed E-state index contributed by atoms with van der Waals surface area (Å²) in [6.07, 6.45) is 3.80. The highest BCUT2D eigenvalue weighted by molar-refractivity contribution is 5.96. The van der Waals surface area contributed by atoms with Gasteiger partial charge >= 0.3 is 11.9 Å². The fourth-order valence-corrected chi connectivity index (χ4v) is 1.95. The standard InChI is InChI=1S/C8H10O3.C2H6/c9-7-5-3-1-2-4-6(5)8(10)11-7;1-2/h5-6H,1-4H2;1-2H3/t5-,6?;/m0./s1. The van der Waals surface area contributed by atoms with E-state index < -0.39 is 0 Å². The molecule has 1 saturated heterocycles. The predicted octanol–water partition coefficient (Wildman–Crippen LogP) is 1.90. The van der Waals surface area contributed by atoms with Gasteiger partial charge in [0.15, 0.2) is 0 Å². The molecule has 0 aromatic carbocycles. The first-order valence-electron chi connectivity index (χ1n) is 5.04. The summed E-state index contributed by atoms with van der Waals surface area (Å²) in [4.78, 5) is 22.0. The maximum absolute atomic E-state index is 11.0. The molecule has 0 N–H and O–H groups in total. The summed E-state index contributed by atoms with van der Waals surface area (Å²) in [5.41, 5.74) is 0. The predicted molar refractivity (Wildman–Crippen MR) is 47.9 cm³/mol. The molecule has 0 aromatic rings. The van der Waals surface area contributed by atoms with Crippen molar-refractivity contribution in [3.05, 3.63) is 0 Å². The van der Waals surface area contributed by atoms with Crippen molar-refractivity contribution >= 4 is 11.9 Å². The quantitative estimate of drug-likeness (QED) is 0.426. The average molecular weight is 184 g/mol. The molecule has 1 unspecified atom stereocenters. The van der Waals surface area contributed by atoms with Crippen molar-refractivity contribution in [3.8, 4) is 0 Å². The molecule has 1 saturated carbocycles. The van der Waals surface area contributed by atoms with E-state index in [0.29, 0.717) is 0 Å². The van der Waals surface area contributed by atoms with Gasteiger partial charge in [-0.15, -0.1) is 0 Å². The number of hydrogen-bond donors (Lipinski definition) is 0. The van der Waals surface area contributed by atoms with Crippen molar-refractivity contribution in [1.29, 1.82) is 0 Å². The zero-order valence-electron chi connectivity index (χ0n) is 8.21. The molecule has 1 heterocycles. The van der Waals surface area contributed by atoms with Crippen molar-refractivity contribution in [2.45, 2.75) is 39.5 Å². The molecule has 2 rings (SSSR count). The van der Waals surface area contributed by atoms with Gasteiger partial charge in [0.1, 0.15) is 0 Å². The van der Waals surface area contributed by atoms with E-state index >= 15 is 0 Å². The van der Waals surface area contributed by atoms with Crippen LogP contribution in [-0.4, -0.2) is 11.9 Å². The maximum atomic E-state index is 11.0. The number of cyclic esters (lactones) is 2. The Bertz CT molecular complexity index is 188. The molecule has 3 nitrogen and oxygen atoms in total. The van der Waals surface area contributed by atoms with Gasteiger partial charge in [-0.05, 0) is 12.8 Å². The van der Waals surface area contributed by atoms with Crippen LogP contribution in [0.15, 0.2) is 0 Å². The maximum Gasteiger partial charge on any atom is 0.317 e. The molecule has 1 aliphatic carbocycles. The van der Waals surface area contributed by atoms with Crippen LogP contribution in [0.1, 0.15) is 39.5 Å². The Labute approximate surface area is 78.5 Å². The summed E-state index contributed by atoms with van der Waals surface area (Å²) in [5.74, 6) is -0.785. The van der Waals surface area contributed by atoms with Gasteiger partial charge in [-0.1, -0.05) is 26.7 Å². The third-order valence-electron chi connectivity index (χ3n) is 2.57. The highest BCUT2D eigenvalue weighted by Gasteiger charge is 2.44. The van der Waals surface area contributed by atoms with E-state index in [2.05, 4.69) is 4.74 Å². The minimum Gasteiger partial charge on any atom is -0.393 e. The zero-order chi connectivity index (χ0) is 9.84. The second-order valence-electron chi connectivity index (χ2n) is 3.24. The van der Waals surface area contributed by atoms with E-state index in [9.17, 15) is 9.59 Å². The molecule has 2 fully saturated rings. The Kier molecular flexibility index (Phi) is 3.46. The first-order valence-corrected chi connectivity index (χ1v) is 5.04. The third kappa shape index (κ3) is 1.90. The number of ether oxygens (including phenoxy) is 1. The molecule has 0 bridgehead atoms. The third-order valence-corrected chi connectivity index (χ3v) is 2.57. The van der Waals surface area contributed by atoms with E-state index in [1.807, 2.05) is 13.8 Å². The molecule has 3 heteroatoms. The number of carbonyl (C=O) groups excluding carboxylic acids is 2. The second-order valence-corrected chi connectivity index (χ2v) is 3.24. The summed E-state index contributed by atoms with van der Waals surface area (Å²) in [6, 6.07) is 0. The zero-order valence-corrected chi connectivity index (χ0v) is 8.21. The lowest BCUT2D eigenvalue weighted by atomic mass is 9.81. The van der Waals surface area contributed by atoms with E-state index in [0.717, 1.165) is 25.7 Å². The molecule has 2 atom stereocenters. The van der Waals surface area contributed by atoms with Gasteiger partial charge in [-0.2, -0.15) is 0 Å². The average Bonchev–Trinajstić information content (AvgIpc) is 2.47. The van der Waals surface area contributed by atoms with Gasteiger partial charge in [-0.3, -0.25) is 9.59 Å². The number of hydrogen-bond acceptors (Lipinski definition) is 3. The van der Waals surface area contributed by atoms with Crippen LogP contribution < -0.4 is 0 Å². The van der Waals surface area contributed by atoms with Gasteiger partial charge in [0, 0.05) is 0 Å². The normalized spacial score (nSPS) is 31.5. The molecular formula is C10H16O3. The molecule has 0 radical (unpaired) electrons. The fourth-order valence-electron chi connectivity index (χ4n) is 1.95. The van der Waals surface area contributed by atoms with Crippen LogP contribution in [0.25, 0.3) is 0 Å². The first-order chi connectivity index (χ1) is 6.29. The summed E-state index contributed by atoms with van der Waals surface area (Å²) < 4.78 is 4.53. The van der Waals surface area contributed by atoms with Gasteiger partial charge in [0.05, 0.1) is 11.8 Å². The topological polar surface area (TPSA) is 43.4 Å². The molecule has 0 aromatic heterocycles. The number of esters is 2. The van der Waals surface area contributed by atoms with E-state index in [4.69, 9.17) is 0 Å². The Morgan fingerprint density at radius 1 is 1.00 bits per heavy atom. The lowest BCUT2D eigenvalue weighted by Crippen LogP contribution is -2.21. The minimum absolute atomic E-state index is 0.101. The van der Waals surface area contributed by atoms with Crippen LogP contribution in [0, 0.1) is 11.8 Å². The SMILES string of the molecule is CC.O=C1OC(=O)[C@H]2CCCCC12. The number of rotatable bonds is 0. The van der Waals surface area contributed by atoms with Crippen molar-refractivity contribution in [3.63, 3.8) is 0 Å². The lowest BCUT2D eigenvalue weighted by Gasteiger charge is -2.18. The van der Waals surface area contributed by atoms with Crippen molar-refractivity contribution in [1.82, 2.24) is 0 Å².